The number of aromatic nitrogens is 2. The van der Waals surface area contributed by atoms with Gasteiger partial charge >= 0.3 is 6.18 Å². The first kappa shape index (κ1) is 24.3. The normalized spacial score (nSPS) is 15.7. The van der Waals surface area contributed by atoms with Gasteiger partial charge in [-0.1, -0.05) is 0 Å². The number of piperidine rings is 1. The van der Waals surface area contributed by atoms with Gasteiger partial charge in [0.2, 0.25) is 0 Å². The molecule has 2 aromatic heterocycles. The zero-order chi connectivity index (χ0) is 25.5. The molecule has 0 saturated carbocycles. The number of alkyl halides is 3. The van der Waals surface area contributed by atoms with Gasteiger partial charge in [-0.25, -0.2) is 4.98 Å². The molecule has 184 valence electrons. The largest absolute Gasteiger partial charge is 0.416 e. The summed E-state index contributed by atoms with van der Waals surface area (Å²) < 4.78 is 41.2. The molecule has 0 unspecified atom stereocenters. The van der Waals surface area contributed by atoms with E-state index in [1.54, 1.807) is 20.0 Å². The number of aliphatic hydroxyl groups is 1. The van der Waals surface area contributed by atoms with Crippen LogP contribution in [0.15, 0.2) is 35.3 Å². The molecule has 1 saturated heterocycles. The molecule has 0 spiro atoms. The van der Waals surface area contributed by atoms with E-state index in [1.165, 1.54) is 16.8 Å². The molecular formula is C24H25F3N6O2. The van der Waals surface area contributed by atoms with Crippen molar-refractivity contribution in [2.45, 2.75) is 38.1 Å². The number of aryl methyl sites for hydroxylation is 1. The number of pyridine rings is 2. The summed E-state index contributed by atoms with van der Waals surface area (Å²) in [5.41, 5.74) is 5.85. The fourth-order valence-electron chi connectivity index (χ4n) is 4.40. The van der Waals surface area contributed by atoms with E-state index in [0.29, 0.717) is 53.9 Å². The van der Waals surface area contributed by atoms with Crippen molar-refractivity contribution in [3.63, 3.8) is 0 Å². The van der Waals surface area contributed by atoms with Gasteiger partial charge in [0.15, 0.2) is 0 Å². The number of fused-ring (bicyclic) bond motifs is 1. The molecule has 0 radical (unpaired) electrons. The molecule has 1 atom stereocenters. The average Bonchev–Trinajstić information content (AvgIpc) is 2.81. The van der Waals surface area contributed by atoms with Gasteiger partial charge in [0.25, 0.3) is 5.56 Å². The zero-order valence-electron chi connectivity index (χ0n) is 19.2. The van der Waals surface area contributed by atoms with Crippen molar-refractivity contribution >= 4 is 28.1 Å². The molecule has 3 aromatic rings. The molecule has 0 amide bonds. The number of nitrogen functional groups attached to an aromatic ring is 1. The first-order valence-electron chi connectivity index (χ1n) is 11.1. The number of nitrogens with one attached hydrogen (secondary N) is 1. The number of halogens is 3. The molecule has 35 heavy (non-hydrogen) atoms. The summed E-state index contributed by atoms with van der Waals surface area (Å²) in [5, 5.41) is 23.0. The highest BCUT2D eigenvalue weighted by atomic mass is 19.4. The van der Waals surface area contributed by atoms with Crippen LogP contribution in [0.1, 0.15) is 42.5 Å². The van der Waals surface area contributed by atoms with Crippen LogP contribution in [-0.2, 0) is 13.2 Å². The lowest BCUT2D eigenvalue weighted by molar-refractivity contribution is -0.137. The quantitative estimate of drug-likeness (QED) is 0.483. The summed E-state index contributed by atoms with van der Waals surface area (Å²) in [6.07, 6.45) is -2.58. The standard InChI is InChI=1S/C24H25F3N6O2/c1-13(14-7-16(24(25,26)27)9-17(29)8-14)31-22-19-10-20(33-5-3-18(34)4-6-33)23(35)32(2)21(19)15(11-28)12-30-22/h7-10,12-13,18,34H,3-6,29H2,1-2H3,(H,30,31)/t13-/m1/s1. The van der Waals surface area contributed by atoms with E-state index < -0.39 is 23.9 Å². The first-order valence-corrected chi connectivity index (χ1v) is 11.1. The average molecular weight is 486 g/mol. The summed E-state index contributed by atoms with van der Waals surface area (Å²) in [6, 6.07) is 6.45. The van der Waals surface area contributed by atoms with E-state index in [9.17, 15) is 28.3 Å². The molecule has 8 nitrogen and oxygen atoms in total. The Bertz CT molecular complexity index is 1370. The summed E-state index contributed by atoms with van der Waals surface area (Å²) in [6.45, 7) is 2.67. The van der Waals surface area contributed by atoms with Gasteiger partial charge in [-0.05, 0) is 49.6 Å². The summed E-state index contributed by atoms with van der Waals surface area (Å²) >= 11 is 0. The number of benzene rings is 1. The second-order valence-electron chi connectivity index (χ2n) is 8.76. The predicted octanol–water partition coefficient (Wildman–Crippen LogP) is 3.54. The van der Waals surface area contributed by atoms with Crippen LogP contribution in [0.5, 0.6) is 0 Å². The highest BCUT2D eigenvalue weighted by Gasteiger charge is 2.31. The fraction of sp³-hybridized carbons (Fsp3) is 0.375. The minimum absolute atomic E-state index is 0.0157. The lowest BCUT2D eigenvalue weighted by atomic mass is 10.0. The smallest absolute Gasteiger partial charge is 0.399 e. The number of nitrogens with zero attached hydrogens (tertiary/aromatic N) is 4. The van der Waals surface area contributed by atoms with Crippen LogP contribution in [0.4, 0.5) is 30.4 Å². The molecule has 0 aliphatic carbocycles. The van der Waals surface area contributed by atoms with Crippen LogP contribution in [0, 0.1) is 11.3 Å². The summed E-state index contributed by atoms with van der Waals surface area (Å²) in [5.74, 6) is 0.316. The van der Waals surface area contributed by atoms with Crippen molar-refractivity contribution in [1.29, 1.82) is 5.26 Å². The van der Waals surface area contributed by atoms with Gasteiger partial charge in [0, 0.05) is 37.4 Å². The van der Waals surface area contributed by atoms with Crippen LogP contribution in [0.2, 0.25) is 0 Å². The Morgan fingerprint density at radius 1 is 1.26 bits per heavy atom. The lowest BCUT2D eigenvalue weighted by Gasteiger charge is -2.31. The SMILES string of the molecule is C[C@@H](Nc1ncc(C#N)c2c1cc(N1CCC(O)CC1)c(=O)n2C)c1cc(N)cc(C(F)(F)F)c1. The molecule has 1 aliphatic rings. The number of hydrogen-bond donors (Lipinski definition) is 3. The van der Waals surface area contributed by atoms with E-state index >= 15 is 0 Å². The van der Waals surface area contributed by atoms with Gasteiger partial charge in [0.05, 0.1) is 28.8 Å². The molecule has 3 heterocycles. The monoisotopic (exact) mass is 486 g/mol. The molecule has 1 aromatic carbocycles. The number of hydrogen-bond acceptors (Lipinski definition) is 7. The maximum absolute atomic E-state index is 13.3. The topological polar surface area (TPSA) is 120 Å². The Balaban J connectivity index is 1.80. The molecule has 4 N–H and O–H groups in total. The van der Waals surface area contributed by atoms with E-state index in [0.717, 1.165) is 12.1 Å². The molecule has 0 bridgehead atoms. The highest BCUT2D eigenvalue weighted by molar-refractivity contribution is 5.95. The maximum Gasteiger partial charge on any atom is 0.416 e. The Morgan fingerprint density at radius 2 is 1.94 bits per heavy atom. The Kier molecular flexibility index (Phi) is 6.34. The van der Waals surface area contributed by atoms with Crippen molar-refractivity contribution < 1.29 is 18.3 Å². The van der Waals surface area contributed by atoms with Crippen LogP contribution >= 0.6 is 0 Å². The van der Waals surface area contributed by atoms with Gasteiger partial charge in [-0.15, -0.1) is 0 Å². The molecular weight excluding hydrogens is 461 g/mol. The van der Waals surface area contributed by atoms with Crippen molar-refractivity contribution in [3.8, 4) is 6.07 Å². The van der Waals surface area contributed by atoms with Crippen LogP contribution in [-0.4, -0.2) is 33.9 Å². The first-order chi connectivity index (χ1) is 16.5. The van der Waals surface area contributed by atoms with Gasteiger partial charge < -0.3 is 25.6 Å². The fourth-order valence-corrected chi connectivity index (χ4v) is 4.40. The minimum Gasteiger partial charge on any atom is -0.399 e. The van der Waals surface area contributed by atoms with Crippen LogP contribution < -0.4 is 21.5 Å². The lowest BCUT2D eigenvalue weighted by Crippen LogP contribution is -2.39. The molecule has 4 rings (SSSR count). The van der Waals surface area contributed by atoms with E-state index in [2.05, 4.69) is 10.3 Å². The van der Waals surface area contributed by atoms with E-state index in [-0.39, 0.29) is 16.8 Å². The Labute approximate surface area is 199 Å². The van der Waals surface area contributed by atoms with E-state index in [4.69, 9.17) is 5.73 Å². The third-order valence-corrected chi connectivity index (χ3v) is 6.31. The van der Waals surface area contributed by atoms with Crippen molar-refractivity contribution in [3.05, 3.63) is 57.5 Å². The Hall–Kier alpha value is -3.78. The van der Waals surface area contributed by atoms with Crippen molar-refractivity contribution in [2.75, 3.05) is 29.0 Å². The third-order valence-electron chi connectivity index (χ3n) is 6.31. The third kappa shape index (κ3) is 4.74. The van der Waals surface area contributed by atoms with Crippen molar-refractivity contribution in [1.82, 2.24) is 9.55 Å². The molecule has 1 aliphatic heterocycles. The van der Waals surface area contributed by atoms with Crippen LogP contribution in [0.25, 0.3) is 10.9 Å². The van der Waals surface area contributed by atoms with Gasteiger partial charge in [-0.2, -0.15) is 18.4 Å². The summed E-state index contributed by atoms with van der Waals surface area (Å²) in [7, 11) is 1.56. The summed E-state index contributed by atoms with van der Waals surface area (Å²) in [4.78, 5) is 19.4. The number of nitriles is 1. The number of rotatable bonds is 4. The highest BCUT2D eigenvalue weighted by Crippen LogP contribution is 2.34. The Morgan fingerprint density at radius 3 is 2.57 bits per heavy atom. The van der Waals surface area contributed by atoms with Crippen LogP contribution in [0.3, 0.4) is 0 Å². The second-order valence-corrected chi connectivity index (χ2v) is 8.76. The minimum atomic E-state index is -4.54. The van der Waals surface area contributed by atoms with Gasteiger partial charge in [-0.3, -0.25) is 4.79 Å². The molecule has 1 fully saturated rings. The second kappa shape index (κ2) is 9.11. The zero-order valence-corrected chi connectivity index (χ0v) is 19.2. The van der Waals surface area contributed by atoms with Gasteiger partial charge in [0.1, 0.15) is 17.6 Å². The predicted molar refractivity (Wildman–Crippen MR) is 127 cm³/mol. The number of anilines is 3. The molecule has 11 heteroatoms. The van der Waals surface area contributed by atoms with E-state index in [1.807, 2.05) is 11.0 Å². The number of nitrogens with two attached hydrogens (primary N) is 1. The number of aliphatic hydroxyl groups excluding tert-OH is 1. The van der Waals surface area contributed by atoms with Crippen molar-refractivity contribution in [2.24, 2.45) is 7.05 Å². The maximum atomic E-state index is 13.3.